The van der Waals surface area contributed by atoms with E-state index in [9.17, 15) is 4.79 Å². The van der Waals surface area contributed by atoms with Crippen LogP contribution in [0.4, 0.5) is 8.78 Å². The third kappa shape index (κ3) is 7.80. The minimum absolute atomic E-state index is 0.0482. The molecular weight excluding hydrogens is 596 g/mol. The molecule has 0 radical (unpaired) electrons. The number of aliphatic imine (C=N–C) groups is 1. The second-order valence-electron chi connectivity index (χ2n) is 12.5. The van der Waals surface area contributed by atoms with Gasteiger partial charge >= 0.3 is 5.69 Å². The van der Waals surface area contributed by atoms with Gasteiger partial charge in [0.1, 0.15) is 17.3 Å². The molecule has 11 heteroatoms. The van der Waals surface area contributed by atoms with Gasteiger partial charge in [-0.3, -0.25) is 9.56 Å². The van der Waals surface area contributed by atoms with E-state index in [1.54, 1.807) is 43.5 Å². The molecule has 3 heterocycles. The molecule has 2 aromatic heterocycles. The van der Waals surface area contributed by atoms with E-state index in [4.69, 9.17) is 23.1 Å². The molecule has 1 aliphatic heterocycles. The highest BCUT2D eigenvalue weighted by Crippen LogP contribution is 2.32. The molecule has 0 bridgehead atoms. The van der Waals surface area contributed by atoms with Crippen LogP contribution in [-0.2, 0) is 6.42 Å². The van der Waals surface area contributed by atoms with Crippen molar-refractivity contribution in [1.29, 1.82) is 0 Å². The predicted molar refractivity (Wildman–Crippen MR) is 178 cm³/mol. The fourth-order valence-electron chi connectivity index (χ4n) is 5.96. The lowest BCUT2D eigenvalue weighted by Gasteiger charge is -2.31. The molecule has 1 aliphatic rings. The Hall–Kier alpha value is -3.60. The molecule has 240 valence electrons. The number of H-pyrrole nitrogens is 1. The molecule has 4 aromatic rings. The van der Waals surface area contributed by atoms with E-state index in [0.29, 0.717) is 51.8 Å². The van der Waals surface area contributed by atoms with Gasteiger partial charge in [0, 0.05) is 41.3 Å². The number of nitrogens with two attached hydrogens (primary N) is 2. The first-order valence-electron chi connectivity index (χ1n) is 15.7. The molecule has 3 atom stereocenters. The highest BCUT2D eigenvalue weighted by molar-refractivity contribution is 6.31. The van der Waals surface area contributed by atoms with E-state index in [-0.39, 0.29) is 23.1 Å². The van der Waals surface area contributed by atoms with Crippen molar-refractivity contribution < 1.29 is 8.78 Å². The third-order valence-corrected chi connectivity index (χ3v) is 8.77. The van der Waals surface area contributed by atoms with Crippen molar-refractivity contribution in [2.45, 2.75) is 83.8 Å². The fourth-order valence-corrected chi connectivity index (χ4v) is 6.20. The summed E-state index contributed by atoms with van der Waals surface area (Å²) in [6, 6.07) is 9.74. The van der Waals surface area contributed by atoms with E-state index in [2.05, 4.69) is 34.1 Å². The second-order valence-corrected chi connectivity index (χ2v) is 12.9. The number of fused-ring (bicyclic) bond motifs is 1. The number of hydrogen-bond donors (Lipinski definition) is 4. The Balaban J connectivity index is 1.36. The summed E-state index contributed by atoms with van der Waals surface area (Å²) in [7, 11) is 0. The van der Waals surface area contributed by atoms with Crippen LogP contribution in [0.25, 0.3) is 28.0 Å². The van der Waals surface area contributed by atoms with Crippen LogP contribution in [0.2, 0.25) is 5.02 Å². The molecule has 1 fully saturated rings. The summed E-state index contributed by atoms with van der Waals surface area (Å²) in [5.74, 6) is 0.0687. The van der Waals surface area contributed by atoms with Gasteiger partial charge < -0.3 is 21.8 Å². The average molecular weight is 638 g/mol. The van der Waals surface area contributed by atoms with Gasteiger partial charge in [-0.1, -0.05) is 44.4 Å². The highest BCUT2D eigenvalue weighted by Gasteiger charge is 2.25. The number of aromatic amines is 1. The van der Waals surface area contributed by atoms with Gasteiger partial charge in [0.25, 0.3) is 0 Å². The number of benzene rings is 2. The number of nitrogens with zero attached hydrogens (tertiary/aromatic N) is 3. The average Bonchev–Trinajstić information content (AvgIpc) is 3.40. The number of hydrogen-bond acceptors (Lipinski definition) is 5. The van der Waals surface area contributed by atoms with Gasteiger partial charge in [0.15, 0.2) is 5.82 Å². The maximum Gasteiger partial charge on any atom is 0.354 e. The molecule has 0 aliphatic carbocycles. The van der Waals surface area contributed by atoms with Crippen molar-refractivity contribution in [2.24, 2.45) is 22.4 Å². The molecule has 8 nitrogen and oxygen atoms in total. The van der Waals surface area contributed by atoms with Crippen LogP contribution in [0.5, 0.6) is 0 Å². The summed E-state index contributed by atoms with van der Waals surface area (Å²) < 4.78 is 32.0. The number of piperidine rings is 1. The lowest BCUT2D eigenvalue weighted by Crippen LogP contribution is -2.38. The van der Waals surface area contributed by atoms with E-state index >= 15 is 8.78 Å². The summed E-state index contributed by atoms with van der Waals surface area (Å²) in [5.41, 5.74) is 14.0. The molecule has 0 saturated carbocycles. The third-order valence-electron chi connectivity index (χ3n) is 8.49. The molecular formula is C34H42ClF2N7O. The predicted octanol–water partition coefficient (Wildman–Crippen LogP) is 6.57. The normalized spacial score (nSPS) is 18.2. The summed E-state index contributed by atoms with van der Waals surface area (Å²) in [6.45, 7) is 6.70. The standard InChI is InChI=1S/C34H42ClF2N7O/c1-19(2)6-4-7-21-14-26(31(37)27(35)15-21)30-16-22-18-44(34(45)43-33(22)42-30)24-10-11-25(28(36)17-24)29-9-5-8-23(41-29)12-13-40-32(39)20(3)38/h10-11,14-20,23,29,41H,4-9,12-13,38H2,1-3H3,(H2,39,40)(H,42,43,45)/t20-,23+,29+/m1/s1. The second kappa shape index (κ2) is 14.2. The molecule has 5 rings (SSSR count). The Morgan fingerprint density at radius 2 is 1.98 bits per heavy atom. The van der Waals surface area contributed by atoms with Crippen LogP contribution >= 0.6 is 11.6 Å². The zero-order chi connectivity index (χ0) is 32.2. The number of rotatable bonds is 11. The Morgan fingerprint density at radius 3 is 2.71 bits per heavy atom. The number of aryl methyl sites for hydroxylation is 1. The number of amidine groups is 1. The number of aromatic nitrogens is 3. The van der Waals surface area contributed by atoms with Gasteiger partial charge in [-0.2, -0.15) is 4.98 Å². The quantitative estimate of drug-likeness (QED) is 0.109. The molecule has 45 heavy (non-hydrogen) atoms. The summed E-state index contributed by atoms with van der Waals surface area (Å²) in [4.78, 5) is 24.6. The Kier molecular flexibility index (Phi) is 10.4. The fraction of sp³-hybridized carbons (Fsp3) is 0.441. The van der Waals surface area contributed by atoms with Crippen LogP contribution in [-0.4, -0.2) is 39.0 Å². The minimum Gasteiger partial charge on any atom is -0.386 e. The first-order valence-corrected chi connectivity index (χ1v) is 16.1. The topological polar surface area (TPSA) is 127 Å². The molecule has 6 N–H and O–H groups in total. The van der Waals surface area contributed by atoms with Crippen LogP contribution in [0.3, 0.4) is 0 Å². The largest absolute Gasteiger partial charge is 0.386 e. The van der Waals surface area contributed by atoms with Crippen molar-refractivity contribution in [3.8, 4) is 16.9 Å². The van der Waals surface area contributed by atoms with Gasteiger partial charge in [0.2, 0.25) is 0 Å². The Morgan fingerprint density at radius 1 is 1.18 bits per heavy atom. The number of nitrogens with one attached hydrogen (secondary N) is 2. The van der Waals surface area contributed by atoms with Crippen molar-refractivity contribution in [2.75, 3.05) is 6.54 Å². The highest BCUT2D eigenvalue weighted by atomic mass is 35.5. The number of halogens is 3. The molecule has 1 saturated heterocycles. The smallest absolute Gasteiger partial charge is 0.354 e. The first kappa shape index (κ1) is 32.8. The van der Waals surface area contributed by atoms with Crippen molar-refractivity contribution >= 4 is 28.5 Å². The van der Waals surface area contributed by atoms with Crippen LogP contribution < -0.4 is 22.5 Å². The summed E-state index contributed by atoms with van der Waals surface area (Å²) in [5, 5.41) is 4.18. The Bertz CT molecular complexity index is 1750. The molecule has 2 aromatic carbocycles. The molecule has 0 amide bonds. The Labute approximate surface area is 267 Å². The maximum absolute atomic E-state index is 15.5. The van der Waals surface area contributed by atoms with Crippen LogP contribution in [0.15, 0.2) is 52.4 Å². The van der Waals surface area contributed by atoms with Crippen molar-refractivity contribution in [3.05, 3.63) is 80.9 Å². The maximum atomic E-state index is 15.5. The summed E-state index contributed by atoms with van der Waals surface area (Å²) >= 11 is 6.26. The van der Waals surface area contributed by atoms with E-state index in [1.807, 2.05) is 0 Å². The first-order chi connectivity index (χ1) is 21.5. The van der Waals surface area contributed by atoms with Gasteiger partial charge in [-0.05, 0) is 80.8 Å². The van der Waals surface area contributed by atoms with Crippen LogP contribution in [0.1, 0.15) is 76.5 Å². The van der Waals surface area contributed by atoms with Crippen LogP contribution in [0, 0.1) is 17.6 Å². The van der Waals surface area contributed by atoms with E-state index < -0.39 is 17.3 Å². The summed E-state index contributed by atoms with van der Waals surface area (Å²) in [6.07, 6.45) is 7.92. The van der Waals surface area contributed by atoms with Crippen molar-refractivity contribution in [3.63, 3.8) is 0 Å². The lowest BCUT2D eigenvalue weighted by atomic mass is 9.91. The molecule has 0 spiro atoms. The zero-order valence-corrected chi connectivity index (χ0v) is 26.8. The molecule has 0 unspecified atom stereocenters. The van der Waals surface area contributed by atoms with Crippen molar-refractivity contribution in [1.82, 2.24) is 19.9 Å². The zero-order valence-electron chi connectivity index (χ0n) is 26.0. The lowest BCUT2D eigenvalue weighted by molar-refractivity contribution is 0.309. The van der Waals surface area contributed by atoms with E-state index in [1.165, 1.54) is 10.6 Å². The monoisotopic (exact) mass is 637 g/mol. The van der Waals surface area contributed by atoms with Gasteiger partial charge in [-0.15, -0.1) is 0 Å². The minimum atomic E-state index is -0.577. The van der Waals surface area contributed by atoms with E-state index in [0.717, 1.165) is 50.5 Å². The van der Waals surface area contributed by atoms with Gasteiger partial charge in [0.05, 0.1) is 22.4 Å². The van der Waals surface area contributed by atoms with Gasteiger partial charge in [-0.25, -0.2) is 13.6 Å². The SMILES string of the molecule is CC(C)CCCc1cc(Cl)c(F)c(-c2cc3cn(-c4ccc([C@@H]5CCC[C@@H](CCN=C(N)[C@@H](C)N)N5)c(F)c4)c(=O)nc3[nH]2)c1.